The Morgan fingerprint density at radius 1 is 1.00 bits per heavy atom. The van der Waals surface area contributed by atoms with Crippen molar-refractivity contribution in [3.63, 3.8) is 0 Å². The van der Waals surface area contributed by atoms with Gasteiger partial charge in [0.15, 0.2) is 0 Å². The molecule has 1 N–H and O–H groups in total. The third-order valence-electron chi connectivity index (χ3n) is 4.10. The Balaban J connectivity index is 2.04. The van der Waals surface area contributed by atoms with E-state index in [2.05, 4.69) is 12.2 Å². The van der Waals surface area contributed by atoms with Crippen molar-refractivity contribution in [3.05, 3.63) is 18.2 Å². The van der Waals surface area contributed by atoms with Gasteiger partial charge in [-0.3, -0.25) is 0 Å². The van der Waals surface area contributed by atoms with Crippen molar-refractivity contribution in [2.75, 3.05) is 19.5 Å². The highest BCUT2D eigenvalue weighted by atomic mass is 16.5. The monoisotopic (exact) mass is 263 g/mol. The fourth-order valence-corrected chi connectivity index (χ4v) is 2.91. The third-order valence-corrected chi connectivity index (χ3v) is 4.10. The van der Waals surface area contributed by atoms with Gasteiger partial charge in [0.1, 0.15) is 11.5 Å². The Morgan fingerprint density at radius 3 is 2.11 bits per heavy atom. The quantitative estimate of drug-likeness (QED) is 0.868. The highest BCUT2D eigenvalue weighted by Crippen LogP contribution is 2.30. The third kappa shape index (κ3) is 3.79. The maximum atomic E-state index is 5.30. The van der Waals surface area contributed by atoms with Crippen LogP contribution in [-0.4, -0.2) is 20.3 Å². The van der Waals surface area contributed by atoms with E-state index in [0.717, 1.165) is 23.1 Å². The summed E-state index contributed by atoms with van der Waals surface area (Å²) in [5, 5.41) is 3.60. The normalized spacial score (nSPS) is 17.8. The van der Waals surface area contributed by atoms with Crippen molar-refractivity contribution in [1.82, 2.24) is 0 Å². The molecule has 0 saturated heterocycles. The van der Waals surface area contributed by atoms with Gasteiger partial charge in [-0.15, -0.1) is 0 Å². The van der Waals surface area contributed by atoms with E-state index in [0.29, 0.717) is 6.04 Å². The van der Waals surface area contributed by atoms with E-state index in [1.807, 2.05) is 18.2 Å². The van der Waals surface area contributed by atoms with Gasteiger partial charge in [-0.1, -0.05) is 19.3 Å². The molecule has 1 aliphatic rings. The molecule has 3 heteroatoms. The molecule has 19 heavy (non-hydrogen) atoms. The number of hydrogen-bond donors (Lipinski definition) is 1. The Hall–Kier alpha value is -1.38. The van der Waals surface area contributed by atoms with E-state index in [1.165, 1.54) is 32.1 Å². The summed E-state index contributed by atoms with van der Waals surface area (Å²) < 4.78 is 10.6. The predicted molar refractivity (Wildman–Crippen MR) is 79.2 cm³/mol. The van der Waals surface area contributed by atoms with Crippen LogP contribution in [0.3, 0.4) is 0 Å². The van der Waals surface area contributed by atoms with Crippen LogP contribution in [0.25, 0.3) is 0 Å². The van der Waals surface area contributed by atoms with Crippen LogP contribution in [0.1, 0.15) is 39.0 Å². The minimum Gasteiger partial charge on any atom is -0.497 e. The van der Waals surface area contributed by atoms with Gasteiger partial charge < -0.3 is 14.8 Å². The molecule has 1 aliphatic carbocycles. The first-order valence-corrected chi connectivity index (χ1v) is 7.22. The van der Waals surface area contributed by atoms with Crippen molar-refractivity contribution >= 4 is 5.69 Å². The molecule has 0 bridgehead atoms. The predicted octanol–water partition coefficient (Wildman–Crippen LogP) is 4.08. The molecule has 1 unspecified atom stereocenters. The summed E-state index contributed by atoms with van der Waals surface area (Å²) in [6.07, 6.45) is 6.83. The molecule has 3 nitrogen and oxygen atoms in total. The van der Waals surface area contributed by atoms with Crippen LogP contribution in [0.2, 0.25) is 0 Å². The number of ether oxygens (including phenoxy) is 2. The van der Waals surface area contributed by atoms with Gasteiger partial charge in [0.05, 0.1) is 14.2 Å². The minimum absolute atomic E-state index is 0.497. The molecule has 0 radical (unpaired) electrons. The summed E-state index contributed by atoms with van der Waals surface area (Å²) in [6.45, 7) is 2.28. The maximum absolute atomic E-state index is 5.30. The van der Waals surface area contributed by atoms with Crippen molar-refractivity contribution in [3.8, 4) is 11.5 Å². The van der Waals surface area contributed by atoms with Gasteiger partial charge in [-0.2, -0.15) is 0 Å². The second-order valence-corrected chi connectivity index (χ2v) is 5.43. The molecule has 1 atom stereocenters. The van der Waals surface area contributed by atoms with Crippen molar-refractivity contribution in [1.29, 1.82) is 0 Å². The largest absolute Gasteiger partial charge is 0.497 e. The zero-order chi connectivity index (χ0) is 13.7. The van der Waals surface area contributed by atoms with E-state index >= 15 is 0 Å². The van der Waals surface area contributed by atoms with Gasteiger partial charge in [-0.05, 0) is 25.7 Å². The summed E-state index contributed by atoms with van der Waals surface area (Å²) in [7, 11) is 3.37. The van der Waals surface area contributed by atoms with Crippen molar-refractivity contribution in [2.45, 2.75) is 45.1 Å². The van der Waals surface area contributed by atoms with Crippen LogP contribution in [-0.2, 0) is 0 Å². The number of benzene rings is 1. The second kappa shape index (κ2) is 6.69. The lowest BCUT2D eigenvalue weighted by atomic mass is 9.84. The Labute approximate surface area is 116 Å². The SMILES string of the molecule is COc1cc(NC(C)C2CCCCC2)cc(OC)c1. The van der Waals surface area contributed by atoms with Crippen LogP contribution in [0, 0.1) is 5.92 Å². The number of nitrogens with one attached hydrogen (secondary N) is 1. The van der Waals surface area contributed by atoms with E-state index in [-0.39, 0.29) is 0 Å². The van der Waals surface area contributed by atoms with Gasteiger partial charge in [0.2, 0.25) is 0 Å². The number of rotatable bonds is 5. The Morgan fingerprint density at radius 2 is 1.58 bits per heavy atom. The lowest BCUT2D eigenvalue weighted by molar-refractivity contribution is 0.328. The fourth-order valence-electron chi connectivity index (χ4n) is 2.91. The smallest absolute Gasteiger partial charge is 0.124 e. The minimum atomic E-state index is 0.497. The molecule has 1 aromatic rings. The highest BCUT2D eigenvalue weighted by Gasteiger charge is 2.20. The molecule has 0 aromatic heterocycles. The van der Waals surface area contributed by atoms with Crippen LogP contribution in [0.4, 0.5) is 5.69 Å². The summed E-state index contributed by atoms with van der Waals surface area (Å²) in [6, 6.07) is 6.46. The summed E-state index contributed by atoms with van der Waals surface area (Å²) in [4.78, 5) is 0. The summed E-state index contributed by atoms with van der Waals surface area (Å²) >= 11 is 0. The fraction of sp³-hybridized carbons (Fsp3) is 0.625. The van der Waals surface area contributed by atoms with Crippen molar-refractivity contribution < 1.29 is 9.47 Å². The first-order chi connectivity index (χ1) is 9.22. The van der Waals surface area contributed by atoms with Gasteiger partial charge >= 0.3 is 0 Å². The zero-order valence-electron chi connectivity index (χ0n) is 12.2. The molecule has 1 fully saturated rings. The van der Waals surface area contributed by atoms with E-state index in [4.69, 9.17) is 9.47 Å². The zero-order valence-corrected chi connectivity index (χ0v) is 12.2. The topological polar surface area (TPSA) is 30.5 Å². The van der Waals surface area contributed by atoms with Crippen LogP contribution in [0.5, 0.6) is 11.5 Å². The number of anilines is 1. The standard InChI is InChI=1S/C16H25NO2/c1-12(13-7-5-4-6-8-13)17-14-9-15(18-2)11-16(10-14)19-3/h9-13,17H,4-8H2,1-3H3. The van der Waals surface area contributed by atoms with Gasteiger partial charge in [-0.25, -0.2) is 0 Å². The molecule has 1 saturated carbocycles. The lowest BCUT2D eigenvalue weighted by Crippen LogP contribution is -2.27. The molecule has 0 heterocycles. The molecule has 1 aromatic carbocycles. The molecule has 106 valence electrons. The highest BCUT2D eigenvalue weighted by molar-refractivity contribution is 5.54. The van der Waals surface area contributed by atoms with Gasteiger partial charge in [0, 0.05) is 29.9 Å². The summed E-state index contributed by atoms with van der Waals surface area (Å²) in [5.74, 6) is 2.45. The van der Waals surface area contributed by atoms with E-state index < -0.39 is 0 Å². The Bertz CT molecular complexity index is 377. The second-order valence-electron chi connectivity index (χ2n) is 5.43. The van der Waals surface area contributed by atoms with Gasteiger partial charge in [0.25, 0.3) is 0 Å². The van der Waals surface area contributed by atoms with E-state index in [1.54, 1.807) is 14.2 Å². The average molecular weight is 263 g/mol. The number of methoxy groups -OCH3 is 2. The summed E-state index contributed by atoms with van der Waals surface area (Å²) in [5.41, 5.74) is 1.08. The first kappa shape index (κ1) is 14.0. The van der Waals surface area contributed by atoms with E-state index in [9.17, 15) is 0 Å². The molecular formula is C16H25NO2. The van der Waals surface area contributed by atoms with Crippen LogP contribution >= 0.6 is 0 Å². The number of hydrogen-bond acceptors (Lipinski definition) is 3. The molecule has 0 spiro atoms. The van der Waals surface area contributed by atoms with Crippen LogP contribution < -0.4 is 14.8 Å². The molecule has 2 rings (SSSR count). The lowest BCUT2D eigenvalue weighted by Gasteiger charge is -2.29. The first-order valence-electron chi connectivity index (χ1n) is 7.22. The molecular weight excluding hydrogens is 238 g/mol. The maximum Gasteiger partial charge on any atom is 0.124 e. The average Bonchev–Trinajstić information content (AvgIpc) is 2.47. The Kier molecular flexibility index (Phi) is 4.94. The molecule has 0 amide bonds. The molecule has 0 aliphatic heterocycles. The van der Waals surface area contributed by atoms with Crippen LogP contribution in [0.15, 0.2) is 18.2 Å². The van der Waals surface area contributed by atoms with Crippen molar-refractivity contribution in [2.24, 2.45) is 5.92 Å².